The van der Waals surface area contributed by atoms with E-state index in [2.05, 4.69) is 6.07 Å². The zero-order valence-corrected chi connectivity index (χ0v) is 13.2. The van der Waals surface area contributed by atoms with Crippen LogP contribution in [0.2, 0.25) is 0 Å². The monoisotopic (exact) mass is 331 g/mol. The third-order valence-electron chi connectivity index (χ3n) is 4.22. The Morgan fingerprint density at radius 3 is 2.57 bits per heavy atom. The van der Waals surface area contributed by atoms with E-state index in [0.29, 0.717) is 19.3 Å². The number of halogens is 2. The number of hydrogen-bond donors (Lipinski definition) is 1. The molecule has 0 bridgehead atoms. The molecule has 3 rings (SSSR count). The first-order chi connectivity index (χ1) is 9.18. The van der Waals surface area contributed by atoms with Gasteiger partial charge in [-0.3, -0.25) is 4.79 Å². The highest BCUT2D eigenvalue weighted by molar-refractivity contribution is 5.86. The molecule has 0 radical (unpaired) electrons. The zero-order chi connectivity index (χ0) is 13.4. The van der Waals surface area contributed by atoms with Crippen LogP contribution in [0.5, 0.6) is 0 Å². The number of piperidine rings is 1. The predicted octanol–water partition coefficient (Wildman–Crippen LogP) is 2.98. The topological polar surface area (TPSA) is 57.6 Å². The van der Waals surface area contributed by atoms with Gasteiger partial charge >= 0.3 is 5.97 Å². The highest BCUT2D eigenvalue weighted by Gasteiger charge is 2.40. The number of carbonyl (C=O) groups is 2. The Morgan fingerprint density at radius 2 is 1.86 bits per heavy atom. The van der Waals surface area contributed by atoms with Gasteiger partial charge in [-0.15, -0.1) is 24.8 Å². The number of carboxylic acid groups (broad SMARTS) is 1. The highest BCUT2D eigenvalue weighted by atomic mass is 35.5. The van der Waals surface area contributed by atoms with Gasteiger partial charge in [-0.25, -0.2) is 4.79 Å². The van der Waals surface area contributed by atoms with Crippen molar-refractivity contribution in [3.63, 3.8) is 0 Å². The molecule has 0 spiro atoms. The lowest BCUT2D eigenvalue weighted by molar-refractivity contribution is -0.155. The zero-order valence-electron chi connectivity index (χ0n) is 11.5. The van der Waals surface area contributed by atoms with Crippen LogP contribution in [0.3, 0.4) is 0 Å². The van der Waals surface area contributed by atoms with Crippen LogP contribution in [0.25, 0.3) is 0 Å². The molecule has 1 amide bonds. The molecule has 1 saturated heterocycles. The molecule has 2 aliphatic heterocycles. The Morgan fingerprint density at radius 1 is 1.14 bits per heavy atom. The van der Waals surface area contributed by atoms with Gasteiger partial charge in [0, 0.05) is 6.42 Å². The van der Waals surface area contributed by atoms with E-state index in [1.165, 1.54) is 5.56 Å². The highest BCUT2D eigenvalue weighted by Crippen LogP contribution is 2.38. The van der Waals surface area contributed by atoms with E-state index in [9.17, 15) is 14.7 Å². The largest absolute Gasteiger partial charge is 0.480 e. The lowest BCUT2D eigenvalue weighted by Crippen LogP contribution is -2.49. The molecule has 4 nitrogen and oxygen atoms in total. The van der Waals surface area contributed by atoms with Crippen LogP contribution < -0.4 is 0 Å². The Balaban J connectivity index is 0.00000110. The Bertz CT molecular complexity index is 535. The fourth-order valence-electron chi connectivity index (χ4n) is 3.35. The van der Waals surface area contributed by atoms with Crippen molar-refractivity contribution in [2.24, 2.45) is 0 Å². The first-order valence-corrected chi connectivity index (χ1v) is 6.80. The molecule has 1 aromatic carbocycles. The molecule has 6 heteroatoms. The van der Waals surface area contributed by atoms with E-state index in [1.54, 1.807) is 4.90 Å². The number of rotatable bonds is 1. The van der Waals surface area contributed by atoms with E-state index < -0.39 is 12.0 Å². The second-order valence-electron chi connectivity index (χ2n) is 5.30. The van der Waals surface area contributed by atoms with Crippen LogP contribution >= 0.6 is 24.8 Å². The summed E-state index contributed by atoms with van der Waals surface area (Å²) in [6.45, 7) is 0. The van der Waals surface area contributed by atoms with Gasteiger partial charge in [-0.05, 0) is 36.8 Å². The molecule has 1 N–H and O–H groups in total. The summed E-state index contributed by atoms with van der Waals surface area (Å²) >= 11 is 0. The van der Waals surface area contributed by atoms with Crippen LogP contribution in [0.1, 0.15) is 42.9 Å². The van der Waals surface area contributed by atoms with Gasteiger partial charge in [0.15, 0.2) is 0 Å². The average molecular weight is 332 g/mol. The van der Waals surface area contributed by atoms with Crippen molar-refractivity contribution in [1.29, 1.82) is 0 Å². The van der Waals surface area contributed by atoms with Gasteiger partial charge in [0.05, 0.1) is 6.04 Å². The number of benzene rings is 1. The second-order valence-corrected chi connectivity index (χ2v) is 5.30. The molecule has 2 atom stereocenters. The number of hydrogen-bond acceptors (Lipinski definition) is 2. The van der Waals surface area contributed by atoms with Crippen molar-refractivity contribution in [2.75, 3.05) is 0 Å². The Labute approximate surface area is 136 Å². The molecule has 2 heterocycles. The second kappa shape index (κ2) is 7.14. The van der Waals surface area contributed by atoms with Gasteiger partial charge in [0.2, 0.25) is 5.91 Å². The summed E-state index contributed by atoms with van der Waals surface area (Å²) in [5.41, 5.74) is 2.33. The third kappa shape index (κ3) is 3.16. The van der Waals surface area contributed by atoms with Gasteiger partial charge in [-0.1, -0.05) is 24.3 Å². The summed E-state index contributed by atoms with van der Waals surface area (Å²) in [4.78, 5) is 25.3. The van der Waals surface area contributed by atoms with Gasteiger partial charge in [0.1, 0.15) is 6.04 Å². The summed E-state index contributed by atoms with van der Waals surface area (Å²) in [6.07, 6.45) is 3.43. The van der Waals surface area contributed by atoms with E-state index in [4.69, 9.17) is 0 Å². The maximum atomic E-state index is 12.3. The molecule has 2 unspecified atom stereocenters. The molecule has 0 saturated carbocycles. The maximum Gasteiger partial charge on any atom is 0.326 e. The smallest absolute Gasteiger partial charge is 0.326 e. The molecular weight excluding hydrogens is 313 g/mol. The first-order valence-electron chi connectivity index (χ1n) is 6.80. The van der Waals surface area contributed by atoms with Crippen molar-refractivity contribution < 1.29 is 14.7 Å². The molecule has 0 aromatic heterocycles. The van der Waals surface area contributed by atoms with Crippen LogP contribution in [-0.2, 0) is 16.0 Å². The quantitative estimate of drug-likeness (QED) is 0.860. The summed E-state index contributed by atoms with van der Waals surface area (Å²) in [5.74, 6) is -0.897. The summed E-state index contributed by atoms with van der Waals surface area (Å²) in [5, 5.41) is 9.34. The molecule has 21 heavy (non-hydrogen) atoms. The van der Waals surface area contributed by atoms with Crippen molar-refractivity contribution in [2.45, 2.75) is 44.2 Å². The van der Waals surface area contributed by atoms with Crippen LogP contribution in [0, 0.1) is 0 Å². The predicted molar refractivity (Wildman–Crippen MR) is 84.1 cm³/mol. The lowest BCUT2D eigenvalue weighted by Gasteiger charge is -2.39. The van der Waals surface area contributed by atoms with Crippen LogP contribution in [-0.4, -0.2) is 27.9 Å². The van der Waals surface area contributed by atoms with E-state index in [-0.39, 0.29) is 36.8 Å². The third-order valence-corrected chi connectivity index (χ3v) is 4.22. The van der Waals surface area contributed by atoms with Gasteiger partial charge < -0.3 is 10.0 Å². The number of aliphatic carboxylic acids is 1. The molecular formula is C15H19Cl2NO3. The van der Waals surface area contributed by atoms with E-state index in [1.807, 2.05) is 18.2 Å². The van der Waals surface area contributed by atoms with Gasteiger partial charge in [-0.2, -0.15) is 0 Å². The average Bonchev–Trinajstić information content (AvgIpc) is 2.57. The lowest BCUT2D eigenvalue weighted by atomic mass is 9.89. The van der Waals surface area contributed by atoms with Gasteiger partial charge in [0.25, 0.3) is 0 Å². The van der Waals surface area contributed by atoms with Crippen molar-refractivity contribution in [3.05, 3.63) is 35.4 Å². The standard InChI is InChI=1S/C15H17NO3.2ClH/c17-14-9-8-10-4-1-2-5-11(10)12-6-3-7-13(15(18)19)16(12)14;;/h1-2,4-5,12-13H,3,6-9H2,(H,18,19);2*1H. The number of amides is 1. The first kappa shape index (κ1) is 17.8. The number of carbonyl (C=O) groups excluding carboxylic acids is 1. The number of fused-ring (bicyclic) bond motifs is 3. The maximum absolute atomic E-state index is 12.3. The fourth-order valence-corrected chi connectivity index (χ4v) is 3.35. The number of nitrogens with zero attached hydrogens (tertiary/aromatic N) is 1. The minimum absolute atomic E-state index is 0. The molecule has 0 aliphatic carbocycles. The minimum atomic E-state index is -0.877. The Kier molecular flexibility index (Phi) is 6.05. The normalized spacial score (nSPS) is 23.8. The fraction of sp³-hybridized carbons (Fsp3) is 0.467. The summed E-state index contributed by atoms with van der Waals surface area (Å²) < 4.78 is 0. The summed E-state index contributed by atoms with van der Waals surface area (Å²) in [6, 6.07) is 7.33. The van der Waals surface area contributed by atoms with E-state index >= 15 is 0 Å². The Hall–Kier alpha value is -1.26. The molecule has 116 valence electrons. The number of aryl methyl sites for hydroxylation is 1. The van der Waals surface area contributed by atoms with Crippen LogP contribution in [0.4, 0.5) is 0 Å². The van der Waals surface area contributed by atoms with Crippen LogP contribution in [0.15, 0.2) is 24.3 Å². The minimum Gasteiger partial charge on any atom is -0.480 e. The van der Waals surface area contributed by atoms with Crippen molar-refractivity contribution in [3.8, 4) is 0 Å². The van der Waals surface area contributed by atoms with E-state index in [0.717, 1.165) is 18.4 Å². The number of carboxylic acids is 1. The SMILES string of the molecule is Cl.Cl.O=C(O)C1CCCC2c3ccccc3CCC(=O)N12. The van der Waals surface area contributed by atoms with Crippen molar-refractivity contribution in [1.82, 2.24) is 4.90 Å². The van der Waals surface area contributed by atoms with Crippen molar-refractivity contribution >= 4 is 36.7 Å². The summed E-state index contributed by atoms with van der Waals surface area (Å²) in [7, 11) is 0. The molecule has 2 aliphatic rings. The molecule has 1 fully saturated rings. The molecule has 1 aromatic rings.